The van der Waals surface area contributed by atoms with Crippen LogP contribution in [-0.4, -0.2) is 56.3 Å². The zero-order valence-corrected chi connectivity index (χ0v) is 18.6. The molecule has 0 radical (unpaired) electrons. The highest BCUT2D eigenvalue weighted by Gasteiger charge is 2.60. The van der Waals surface area contributed by atoms with Gasteiger partial charge in [-0.1, -0.05) is 25.8 Å². The molecule has 2 amide bonds. The van der Waals surface area contributed by atoms with Crippen molar-refractivity contribution in [3.63, 3.8) is 0 Å². The number of likely N-dealkylation sites (tertiary alicyclic amines) is 2. The van der Waals surface area contributed by atoms with Crippen LogP contribution in [0.3, 0.4) is 0 Å². The van der Waals surface area contributed by atoms with Gasteiger partial charge in [0, 0.05) is 37.2 Å². The fourth-order valence-corrected chi connectivity index (χ4v) is 7.19. The number of amides is 2. The Morgan fingerprint density at radius 3 is 2.67 bits per heavy atom. The van der Waals surface area contributed by atoms with Gasteiger partial charge in [0.05, 0.1) is 17.4 Å². The van der Waals surface area contributed by atoms with Gasteiger partial charge >= 0.3 is 0 Å². The van der Waals surface area contributed by atoms with Crippen LogP contribution in [0.4, 0.5) is 0 Å². The minimum atomic E-state index is -0.0246. The zero-order chi connectivity index (χ0) is 21.0. The first-order valence-corrected chi connectivity index (χ1v) is 11.7. The molecule has 30 heavy (non-hydrogen) atoms. The topological polar surface area (TPSA) is 66.4 Å². The van der Waals surface area contributed by atoms with Gasteiger partial charge in [0.2, 0.25) is 5.91 Å². The summed E-state index contributed by atoms with van der Waals surface area (Å²) in [7, 11) is 0. The Morgan fingerprint density at radius 1 is 1.20 bits per heavy atom. The molecule has 0 spiro atoms. The zero-order valence-electron chi connectivity index (χ0n) is 17.8. The lowest BCUT2D eigenvalue weighted by molar-refractivity contribution is -0.132. The predicted octanol–water partition coefficient (Wildman–Crippen LogP) is 3.91. The summed E-state index contributed by atoms with van der Waals surface area (Å²) in [6, 6.07) is 6.29. The van der Waals surface area contributed by atoms with Gasteiger partial charge < -0.3 is 9.80 Å². The average molecular weight is 425 g/mol. The van der Waals surface area contributed by atoms with Gasteiger partial charge in [-0.05, 0) is 38.3 Å². The number of piperidine rings is 1. The van der Waals surface area contributed by atoms with E-state index < -0.39 is 0 Å². The van der Waals surface area contributed by atoms with E-state index in [1.807, 2.05) is 25.1 Å². The van der Waals surface area contributed by atoms with Crippen molar-refractivity contribution in [2.45, 2.75) is 71.0 Å². The fraction of sp³-hybridized carbons (Fsp3) is 0.565. The number of nitrogens with zero attached hydrogens (tertiary/aromatic N) is 4. The van der Waals surface area contributed by atoms with Gasteiger partial charge in [0.25, 0.3) is 5.91 Å². The normalized spacial score (nSPS) is 30.3. The Kier molecular flexibility index (Phi) is 4.69. The predicted molar refractivity (Wildman–Crippen MR) is 116 cm³/mol. The standard InChI is InChI=1S/C23H28N4O2S/c1-14-20(30-21(25-14)17-8-6-7-11-24-17)22(29)26-13-16-12-23(3)18(26)9-4-5-10-19(23)27(16)15(2)28/h6-8,11,16,18-19H,4-5,9-10,12-13H2,1-3H3/t16-,18+,19-,23+/m0/s1. The SMILES string of the molecule is CC(=O)N1[C@@H]2CN(C(=O)c3sc(-c4ccccn4)nc3C)[C@@H]3CCCC[C@H]1[C@]3(C)C2. The number of aryl methyl sites for hydroxylation is 1. The number of fused-ring (bicyclic) bond motifs is 1. The second-order valence-electron chi connectivity index (χ2n) is 9.21. The van der Waals surface area contributed by atoms with Crippen LogP contribution in [-0.2, 0) is 4.79 Å². The maximum atomic E-state index is 13.8. The average Bonchev–Trinajstić information content (AvgIpc) is 3.16. The van der Waals surface area contributed by atoms with Crippen LogP contribution in [0.5, 0.6) is 0 Å². The Balaban J connectivity index is 1.51. The molecule has 3 aliphatic rings. The summed E-state index contributed by atoms with van der Waals surface area (Å²) >= 11 is 1.43. The molecule has 4 atom stereocenters. The Labute approximate surface area is 181 Å². The van der Waals surface area contributed by atoms with Crippen LogP contribution in [0.15, 0.2) is 24.4 Å². The number of carbonyl (C=O) groups is 2. The van der Waals surface area contributed by atoms with Crippen molar-refractivity contribution >= 4 is 23.2 Å². The summed E-state index contributed by atoms with van der Waals surface area (Å²) in [6.07, 6.45) is 7.05. The third-order valence-corrected chi connectivity index (χ3v) is 8.58. The van der Waals surface area contributed by atoms with Crippen LogP contribution in [0.1, 0.15) is 61.3 Å². The molecular formula is C23H28N4O2S. The highest BCUT2D eigenvalue weighted by Crippen LogP contribution is 2.53. The molecule has 158 valence electrons. The van der Waals surface area contributed by atoms with Crippen LogP contribution >= 0.6 is 11.3 Å². The molecule has 0 unspecified atom stereocenters. The maximum absolute atomic E-state index is 13.8. The van der Waals surface area contributed by atoms with E-state index in [1.54, 1.807) is 13.1 Å². The molecule has 7 heteroatoms. The number of hydrogen-bond acceptors (Lipinski definition) is 5. The van der Waals surface area contributed by atoms with Crippen molar-refractivity contribution in [3.8, 4) is 10.7 Å². The minimum Gasteiger partial charge on any atom is -0.335 e. The van der Waals surface area contributed by atoms with Crippen molar-refractivity contribution in [2.75, 3.05) is 6.54 Å². The number of rotatable bonds is 2. The lowest BCUT2D eigenvalue weighted by Crippen LogP contribution is -2.55. The first-order valence-electron chi connectivity index (χ1n) is 10.9. The molecule has 4 heterocycles. The van der Waals surface area contributed by atoms with Gasteiger partial charge in [0.1, 0.15) is 9.88 Å². The monoisotopic (exact) mass is 424 g/mol. The molecule has 2 aromatic heterocycles. The maximum Gasteiger partial charge on any atom is 0.266 e. The molecule has 3 fully saturated rings. The molecular weight excluding hydrogens is 396 g/mol. The molecule has 2 saturated heterocycles. The van der Waals surface area contributed by atoms with Crippen LogP contribution < -0.4 is 0 Å². The van der Waals surface area contributed by atoms with Crippen molar-refractivity contribution in [1.29, 1.82) is 0 Å². The fourth-order valence-electron chi connectivity index (χ4n) is 6.19. The molecule has 2 bridgehead atoms. The van der Waals surface area contributed by atoms with Crippen LogP contribution in [0.2, 0.25) is 0 Å². The summed E-state index contributed by atoms with van der Waals surface area (Å²) in [6.45, 7) is 6.53. The van der Waals surface area contributed by atoms with Gasteiger partial charge in [-0.2, -0.15) is 0 Å². The highest BCUT2D eigenvalue weighted by molar-refractivity contribution is 7.17. The minimum absolute atomic E-state index is 0.0246. The van der Waals surface area contributed by atoms with Gasteiger partial charge in [-0.15, -0.1) is 11.3 Å². The molecule has 1 saturated carbocycles. The number of aromatic nitrogens is 2. The summed E-state index contributed by atoms with van der Waals surface area (Å²) in [5, 5.41) is 0.784. The lowest BCUT2D eigenvalue weighted by Gasteiger charge is -2.46. The van der Waals surface area contributed by atoms with E-state index in [9.17, 15) is 9.59 Å². The molecule has 2 aliphatic heterocycles. The van der Waals surface area contributed by atoms with E-state index in [2.05, 4.69) is 26.7 Å². The third kappa shape index (κ3) is 2.89. The van der Waals surface area contributed by atoms with Gasteiger partial charge in [-0.25, -0.2) is 4.98 Å². The summed E-state index contributed by atoms with van der Waals surface area (Å²) in [5.74, 6) is 0.217. The second kappa shape index (κ2) is 7.15. The number of thiazole rings is 1. The summed E-state index contributed by atoms with van der Waals surface area (Å²) < 4.78 is 0. The van der Waals surface area contributed by atoms with E-state index >= 15 is 0 Å². The second-order valence-corrected chi connectivity index (χ2v) is 10.2. The summed E-state index contributed by atoms with van der Waals surface area (Å²) in [5.41, 5.74) is 1.54. The lowest BCUT2D eigenvalue weighted by atomic mass is 9.71. The van der Waals surface area contributed by atoms with Crippen molar-refractivity contribution < 1.29 is 9.59 Å². The van der Waals surface area contributed by atoms with Gasteiger partial charge in [0.15, 0.2) is 0 Å². The Morgan fingerprint density at radius 2 is 1.97 bits per heavy atom. The molecule has 0 N–H and O–H groups in total. The highest BCUT2D eigenvalue weighted by atomic mass is 32.1. The number of hydrogen-bond donors (Lipinski definition) is 0. The summed E-state index contributed by atoms with van der Waals surface area (Å²) in [4.78, 5) is 40.2. The molecule has 5 rings (SSSR count). The van der Waals surface area contributed by atoms with E-state index in [-0.39, 0.29) is 35.4 Å². The molecule has 6 nitrogen and oxygen atoms in total. The van der Waals surface area contributed by atoms with Crippen molar-refractivity contribution in [1.82, 2.24) is 19.8 Å². The molecule has 2 aromatic rings. The number of pyridine rings is 1. The van der Waals surface area contributed by atoms with Crippen LogP contribution in [0.25, 0.3) is 10.7 Å². The molecule has 1 aliphatic carbocycles. The van der Waals surface area contributed by atoms with Crippen LogP contribution in [0, 0.1) is 12.3 Å². The third-order valence-electron chi connectivity index (χ3n) is 7.42. The first-order chi connectivity index (χ1) is 14.4. The van der Waals surface area contributed by atoms with E-state index in [1.165, 1.54) is 11.3 Å². The van der Waals surface area contributed by atoms with Gasteiger partial charge in [-0.3, -0.25) is 14.6 Å². The largest absolute Gasteiger partial charge is 0.335 e. The Hall–Kier alpha value is -2.28. The van der Waals surface area contributed by atoms with E-state index in [4.69, 9.17) is 0 Å². The number of carbonyl (C=O) groups excluding carboxylic acids is 2. The van der Waals surface area contributed by atoms with E-state index in [0.717, 1.165) is 48.5 Å². The quantitative estimate of drug-likeness (QED) is 0.733. The van der Waals surface area contributed by atoms with Crippen molar-refractivity contribution in [2.24, 2.45) is 5.41 Å². The Bertz CT molecular complexity index is 990. The van der Waals surface area contributed by atoms with E-state index in [0.29, 0.717) is 11.4 Å². The molecule has 0 aromatic carbocycles. The smallest absolute Gasteiger partial charge is 0.266 e. The van der Waals surface area contributed by atoms with Crippen molar-refractivity contribution in [3.05, 3.63) is 35.0 Å². The first kappa shape index (κ1) is 19.7.